The first-order valence-electron chi connectivity index (χ1n) is 8.94. The molecule has 1 unspecified atom stereocenters. The van der Waals surface area contributed by atoms with E-state index in [9.17, 15) is 0 Å². The van der Waals surface area contributed by atoms with Crippen LogP contribution in [0.1, 0.15) is 47.9 Å². The molecule has 0 radical (unpaired) electrons. The van der Waals surface area contributed by atoms with Gasteiger partial charge in [0.25, 0.3) is 0 Å². The predicted molar refractivity (Wildman–Crippen MR) is 105 cm³/mol. The highest BCUT2D eigenvalue weighted by Crippen LogP contribution is 2.35. The van der Waals surface area contributed by atoms with Crippen LogP contribution in [-0.4, -0.2) is 14.2 Å². The zero-order valence-electron chi connectivity index (χ0n) is 15.3. The van der Waals surface area contributed by atoms with Crippen LogP contribution >= 0.6 is 0 Å². The second-order valence-corrected chi connectivity index (χ2v) is 6.42. The summed E-state index contributed by atoms with van der Waals surface area (Å²) in [7, 11) is 3.42. The van der Waals surface area contributed by atoms with Crippen molar-refractivity contribution in [2.45, 2.75) is 32.1 Å². The molecule has 0 aromatic heterocycles. The normalized spacial score (nSPS) is 16.0. The second-order valence-electron chi connectivity index (χ2n) is 6.42. The van der Waals surface area contributed by atoms with Crippen LogP contribution in [-0.2, 0) is 6.42 Å². The van der Waals surface area contributed by atoms with Crippen LogP contribution in [0.3, 0.4) is 0 Å². The zero-order chi connectivity index (χ0) is 17.6. The molecule has 0 amide bonds. The third kappa shape index (κ3) is 3.96. The summed E-state index contributed by atoms with van der Waals surface area (Å²) in [6.45, 7) is 2.23. The number of ether oxygens (including phenoxy) is 2. The lowest BCUT2D eigenvalue weighted by atomic mass is 9.96. The molecule has 2 aliphatic rings. The fraction of sp³-hybridized carbons (Fsp3) is 0.304. The molecular weight excluding hydrogens is 308 g/mol. The summed E-state index contributed by atoms with van der Waals surface area (Å²) in [5.74, 6) is 2.51. The molecule has 0 fully saturated rings. The maximum absolute atomic E-state index is 5.24. The summed E-state index contributed by atoms with van der Waals surface area (Å²) in [5, 5.41) is 0. The van der Waals surface area contributed by atoms with Crippen molar-refractivity contribution in [3.05, 3.63) is 70.8 Å². The predicted octanol–water partition coefficient (Wildman–Crippen LogP) is 5.87. The molecule has 2 heteroatoms. The standard InChI is InChI=1S/C13H16O.C10H10O/c1-3-4-10-5-6-11-7-8-12(14-2)9-13(10)11;1-11-10-6-5-8-3-2-4-9(8)7-10/h5-10H,3-4H2,1-2H3;2,4-7H,3H2,1H3. The molecule has 0 N–H and O–H groups in total. The molecule has 2 aliphatic carbocycles. The minimum atomic E-state index is 0.602. The number of hydrogen-bond acceptors (Lipinski definition) is 2. The minimum absolute atomic E-state index is 0.602. The number of rotatable bonds is 4. The average Bonchev–Trinajstić information content (AvgIpc) is 3.28. The fourth-order valence-electron chi connectivity index (χ4n) is 3.39. The molecule has 2 nitrogen and oxygen atoms in total. The Morgan fingerprint density at radius 3 is 2.44 bits per heavy atom. The monoisotopic (exact) mass is 334 g/mol. The number of hydrogen-bond donors (Lipinski definition) is 0. The van der Waals surface area contributed by atoms with Crippen LogP contribution < -0.4 is 9.47 Å². The largest absolute Gasteiger partial charge is 0.497 e. The smallest absolute Gasteiger partial charge is 0.119 e. The summed E-state index contributed by atoms with van der Waals surface area (Å²) in [4.78, 5) is 0. The summed E-state index contributed by atoms with van der Waals surface area (Å²) >= 11 is 0. The Hall–Kier alpha value is -2.48. The van der Waals surface area contributed by atoms with Gasteiger partial charge in [0, 0.05) is 5.92 Å². The van der Waals surface area contributed by atoms with Crippen LogP contribution in [0.5, 0.6) is 11.5 Å². The minimum Gasteiger partial charge on any atom is -0.497 e. The van der Waals surface area contributed by atoms with E-state index in [1.807, 2.05) is 12.1 Å². The Bertz CT molecular complexity index is 787. The van der Waals surface area contributed by atoms with Crippen LogP contribution in [0.4, 0.5) is 0 Å². The van der Waals surface area contributed by atoms with Gasteiger partial charge in [-0.1, -0.05) is 49.8 Å². The van der Waals surface area contributed by atoms with E-state index in [-0.39, 0.29) is 0 Å². The van der Waals surface area contributed by atoms with Gasteiger partial charge in [0.05, 0.1) is 14.2 Å². The van der Waals surface area contributed by atoms with Crippen molar-refractivity contribution < 1.29 is 9.47 Å². The van der Waals surface area contributed by atoms with Gasteiger partial charge in [0.2, 0.25) is 0 Å². The van der Waals surface area contributed by atoms with Gasteiger partial charge in [-0.2, -0.15) is 0 Å². The molecule has 0 aliphatic heterocycles. The lowest BCUT2D eigenvalue weighted by Gasteiger charge is -2.10. The third-order valence-corrected chi connectivity index (χ3v) is 4.79. The topological polar surface area (TPSA) is 18.5 Å². The first-order chi connectivity index (χ1) is 12.2. The van der Waals surface area contributed by atoms with E-state index in [4.69, 9.17) is 9.47 Å². The van der Waals surface area contributed by atoms with E-state index < -0.39 is 0 Å². The number of allylic oxidation sites excluding steroid dienone is 2. The van der Waals surface area contributed by atoms with Crippen molar-refractivity contribution >= 4 is 12.2 Å². The van der Waals surface area contributed by atoms with Crippen LogP contribution in [0.15, 0.2) is 48.6 Å². The van der Waals surface area contributed by atoms with Crippen LogP contribution in [0.25, 0.3) is 12.2 Å². The van der Waals surface area contributed by atoms with Crippen molar-refractivity contribution in [3.63, 3.8) is 0 Å². The van der Waals surface area contributed by atoms with E-state index in [1.54, 1.807) is 14.2 Å². The van der Waals surface area contributed by atoms with Gasteiger partial charge in [-0.3, -0.25) is 0 Å². The van der Waals surface area contributed by atoms with Crippen molar-refractivity contribution in [2.75, 3.05) is 14.2 Å². The van der Waals surface area contributed by atoms with Crippen molar-refractivity contribution in [2.24, 2.45) is 0 Å². The van der Waals surface area contributed by atoms with Gasteiger partial charge in [-0.15, -0.1) is 0 Å². The molecule has 2 aromatic carbocycles. The molecule has 0 heterocycles. The van der Waals surface area contributed by atoms with E-state index >= 15 is 0 Å². The van der Waals surface area contributed by atoms with Crippen molar-refractivity contribution in [3.8, 4) is 11.5 Å². The summed E-state index contributed by atoms with van der Waals surface area (Å²) in [6.07, 6.45) is 12.4. The molecule has 130 valence electrons. The van der Waals surface area contributed by atoms with Crippen molar-refractivity contribution in [1.82, 2.24) is 0 Å². The highest BCUT2D eigenvalue weighted by molar-refractivity contribution is 5.64. The molecule has 2 aromatic rings. The van der Waals surface area contributed by atoms with Gasteiger partial charge in [0.15, 0.2) is 0 Å². The van der Waals surface area contributed by atoms with Gasteiger partial charge >= 0.3 is 0 Å². The third-order valence-electron chi connectivity index (χ3n) is 4.79. The Morgan fingerprint density at radius 1 is 0.920 bits per heavy atom. The second kappa shape index (κ2) is 8.06. The highest BCUT2D eigenvalue weighted by atomic mass is 16.5. The lowest BCUT2D eigenvalue weighted by Crippen LogP contribution is -1.93. The van der Waals surface area contributed by atoms with E-state index in [0.29, 0.717) is 5.92 Å². The Kier molecular flexibility index (Phi) is 5.60. The van der Waals surface area contributed by atoms with Gasteiger partial charge in [0.1, 0.15) is 11.5 Å². The van der Waals surface area contributed by atoms with E-state index in [2.05, 4.69) is 55.5 Å². The maximum Gasteiger partial charge on any atom is 0.119 e. The maximum atomic E-state index is 5.24. The average molecular weight is 334 g/mol. The van der Waals surface area contributed by atoms with Crippen LogP contribution in [0, 0.1) is 0 Å². The van der Waals surface area contributed by atoms with Crippen molar-refractivity contribution in [1.29, 1.82) is 0 Å². The summed E-state index contributed by atoms with van der Waals surface area (Å²) < 4.78 is 10.3. The van der Waals surface area contributed by atoms with Gasteiger partial charge in [-0.05, 0) is 59.4 Å². The zero-order valence-corrected chi connectivity index (χ0v) is 15.3. The molecular formula is C23H26O2. The molecule has 4 rings (SSSR count). The Morgan fingerprint density at radius 2 is 1.68 bits per heavy atom. The molecule has 0 saturated carbocycles. The SMILES string of the molecule is CCCC1C=Cc2ccc(OC)cc21.COc1ccc2c(c1)C=CC2. The molecule has 25 heavy (non-hydrogen) atoms. The van der Waals surface area contributed by atoms with Crippen LogP contribution in [0.2, 0.25) is 0 Å². The number of benzene rings is 2. The fourth-order valence-corrected chi connectivity index (χ4v) is 3.39. The summed E-state index contributed by atoms with van der Waals surface area (Å²) in [5.41, 5.74) is 5.46. The quantitative estimate of drug-likeness (QED) is 0.696. The molecule has 1 atom stereocenters. The highest BCUT2D eigenvalue weighted by Gasteiger charge is 2.16. The van der Waals surface area contributed by atoms with Gasteiger partial charge < -0.3 is 9.47 Å². The molecule has 0 saturated heterocycles. The molecule has 0 bridgehead atoms. The lowest BCUT2D eigenvalue weighted by molar-refractivity contribution is 0.414. The Labute approximate surface area is 150 Å². The summed E-state index contributed by atoms with van der Waals surface area (Å²) in [6, 6.07) is 12.5. The molecule has 0 spiro atoms. The van der Waals surface area contributed by atoms with Gasteiger partial charge in [-0.25, -0.2) is 0 Å². The van der Waals surface area contributed by atoms with E-state index in [0.717, 1.165) is 17.9 Å². The van der Waals surface area contributed by atoms with E-state index in [1.165, 1.54) is 35.1 Å². The number of methoxy groups -OCH3 is 2. The number of fused-ring (bicyclic) bond motifs is 2. The first-order valence-corrected chi connectivity index (χ1v) is 8.94. The Balaban J connectivity index is 0.000000150. The first kappa shape index (κ1) is 17.3.